The first-order valence-corrected chi connectivity index (χ1v) is 6.69. The van der Waals surface area contributed by atoms with Crippen molar-refractivity contribution in [3.8, 4) is 0 Å². The van der Waals surface area contributed by atoms with Gasteiger partial charge in [0.15, 0.2) is 0 Å². The zero-order valence-electron chi connectivity index (χ0n) is 11.4. The Balaban J connectivity index is 2.06. The average molecular weight is 290 g/mol. The fraction of sp³-hybridized carbons (Fsp3) is 0.188. The van der Waals surface area contributed by atoms with E-state index in [9.17, 15) is 4.79 Å². The summed E-state index contributed by atoms with van der Waals surface area (Å²) >= 11 is 5.97. The van der Waals surface area contributed by atoms with E-state index < -0.39 is 0 Å². The van der Waals surface area contributed by atoms with Crippen LogP contribution >= 0.6 is 11.6 Å². The number of nitrogens with zero attached hydrogens (tertiary/aromatic N) is 1. The molecule has 0 aliphatic heterocycles. The lowest BCUT2D eigenvalue weighted by Gasteiger charge is -2.24. The number of hydrogen-bond donors (Lipinski definition) is 0. The van der Waals surface area contributed by atoms with Crippen LogP contribution in [0.25, 0.3) is 6.08 Å². The summed E-state index contributed by atoms with van der Waals surface area (Å²) in [6.07, 6.45) is 4.73. The molecular weight excluding hydrogens is 274 g/mol. The Morgan fingerprint density at radius 2 is 2.15 bits per heavy atom. The summed E-state index contributed by atoms with van der Waals surface area (Å²) in [5.41, 5.74) is 1.000. The largest absolute Gasteiger partial charge is 0.465 e. The smallest absolute Gasteiger partial charge is 0.246 e. The van der Waals surface area contributed by atoms with Crippen molar-refractivity contribution in [1.29, 1.82) is 0 Å². The van der Waals surface area contributed by atoms with E-state index in [2.05, 4.69) is 0 Å². The van der Waals surface area contributed by atoms with Gasteiger partial charge in [-0.3, -0.25) is 4.79 Å². The van der Waals surface area contributed by atoms with Crippen LogP contribution in [0.1, 0.15) is 24.3 Å². The Hall–Kier alpha value is -2.00. The summed E-state index contributed by atoms with van der Waals surface area (Å²) < 4.78 is 5.15. The van der Waals surface area contributed by atoms with Crippen LogP contribution in [0.2, 0.25) is 5.02 Å². The van der Waals surface area contributed by atoms with Crippen LogP contribution in [0.15, 0.2) is 53.2 Å². The third kappa shape index (κ3) is 3.52. The molecule has 0 radical (unpaired) electrons. The minimum atomic E-state index is -0.0890. The van der Waals surface area contributed by atoms with Crippen LogP contribution in [0.4, 0.5) is 0 Å². The predicted molar refractivity (Wildman–Crippen MR) is 80.4 cm³/mol. The molecule has 20 heavy (non-hydrogen) atoms. The molecule has 0 saturated heterocycles. The SMILES string of the molecule is CC(c1cccc(Cl)c1)N(C)C(=O)/C=C/c1ccco1. The Morgan fingerprint density at radius 3 is 2.80 bits per heavy atom. The van der Waals surface area contributed by atoms with Gasteiger partial charge in [-0.15, -0.1) is 0 Å². The zero-order valence-corrected chi connectivity index (χ0v) is 12.2. The van der Waals surface area contributed by atoms with Crippen molar-refractivity contribution in [3.63, 3.8) is 0 Å². The summed E-state index contributed by atoms with van der Waals surface area (Å²) in [7, 11) is 1.76. The highest BCUT2D eigenvalue weighted by molar-refractivity contribution is 6.30. The van der Waals surface area contributed by atoms with Gasteiger partial charge in [0.1, 0.15) is 5.76 Å². The van der Waals surface area contributed by atoms with Gasteiger partial charge in [-0.05, 0) is 42.8 Å². The van der Waals surface area contributed by atoms with Gasteiger partial charge in [-0.1, -0.05) is 23.7 Å². The second-order valence-corrected chi connectivity index (χ2v) is 4.97. The fourth-order valence-electron chi connectivity index (χ4n) is 1.84. The van der Waals surface area contributed by atoms with Crippen LogP contribution in [-0.2, 0) is 4.79 Å². The van der Waals surface area contributed by atoms with Gasteiger partial charge >= 0.3 is 0 Å². The first kappa shape index (κ1) is 14.4. The number of furan rings is 1. The predicted octanol–water partition coefficient (Wildman–Crippen LogP) is 4.17. The molecule has 104 valence electrons. The van der Waals surface area contributed by atoms with E-state index in [1.165, 1.54) is 6.08 Å². The minimum Gasteiger partial charge on any atom is -0.465 e. The lowest BCUT2D eigenvalue weighted by Crippen LogP contribution is -2.27. The van der Waals surface area contributed by atoms with Crippen LogP contribution in [-0.4, -0.2) is 17.9 Å². The molecule has 2 rings (SSSR count). The number of likely N-dealkylation sites (N-methyl/N-ethyl adjacent to an activating group) is 1. The zero-order chi connectivity index (χ0) is 14.5. The van der Waals surface area contributed by atoms with Gasteiger partial charge in [0, 0.05) is 18.1 Å². The van der Waals surface area contributed by atoms with Gasteiger partial charge < -0.3 is 9.32 Å². The van der Waals surface area contributed by atoms with Crippen LogP contribution in [0, 0.1) is 0 Å². The van der Waals surface area contributed by atoms with E-state index in [4.69, 9.17) is 16.0 Å². The summed E-state index contributed by atoms with van der Waals surface area (Å²) in [5.74, 6) is 0.566. The van der Waals surface area contributed by atoms with Crippen molar-refractivity contribution in [1.82, 2.24) is 4.90 Å². The van der Waals surface area contributed by atoms with Crippen LogP contribution in [0.5, 0.6) is 0 Å². The quantitative estimate of drug-likeness (QED) is 0.792. The molecule has 0 aliphatic carbocycles. The minimum absolute atomic E-state index is 0.0533. The molecule has 1 amide bonds. The van der Waals surface area contributed by atoms with Gasteiger partial charge in [0.05, 0.1) is 12.3 Å². The third-order valence-corrected chi connectivity index (χ3v) is 3.43. The molecule has 2 aromatic rings. The second kappa shape index (κ2) is 6.44. The molecule has 1 atom stereocenters. The van der Waals surface area contributed by atoms with Gasteiger partial charge in [-0.25, -0.2) is 0 Å². The molecular formula is C16H16ClNO2. The Kier molecular flexibility index (Phi) is 4.64. The standard InChI is InChI=1S/C16H16ClNO2/c1-12(13-5-3-6-14(17)11-13)18(2)16(19)9-8-15-7-4-10-20-15/h3-12H,1-2H3/b9-8+. The van der Waals surface area contributed by atoms with E-state index in [0.29, 0.717) is 10.8 Å². The molecule has 1 aromatic heterocycles. The fourth-order valence-corrected chi connectivity index (χ4v) is 2.04. The van der Waals surface area contributed by atoms with Crippen molar-refractivity contribution in [2.45, 2.75) is 13.0 Å². The molecule has 0 bridgehead atoms. The Morgan fingerprint density at radius 1 is 1.35 bits per heavy atom. The van der Waals surface area contributed by atoms with E-state index in [1.54, 1.807) is 36.4 Å². The highest BCUT2D eigenvalue weighted by Gasteiger charge is 2.15. The summed E-state index contributed by atoms with van der Waals surface area (Å²) in [4.78, 5) is 13.8. The third-order valence-electron chi connectivity index (χ3n) is 3.19. The molecule has 1 heterocycles. The highest BCUT2D eigenvalue weighted by Crippen LogP contribution is 2.22. The maximum absolute atomic E-state index is 12.1. The molecule has 0 aliphatic rings. The lowest BCUT2D eigenvalue weighted by atomic mass is 10.1. The number of benzene rings is 1. The van der Waals surface area contributed by atoms with E-state index in [1.807, 2.05) is 31.2 Å². The molecule has 0 fully saturated rings. The van der Waals surface area contributed by atoms with Crippen molar-refractivity contribution in [2.24, 2.45) is 0 Å². The monoisotopic (exact) mass is 289 g/mol. The second-order valence-electron chi connectivity index (χ2n) is 4.53. The lowest BCUT2D eigenvalue weighted by molar-refractivity contribution is -0.126. The van der Waals surface area contributed by atoms with Crippen molar-refractivity contribution < 1.29 is 9.21 Å². The maximum atomic E-state index is 12.1. The van der Waals surface area contributed by atoms with E-state index in [-0.39, 0.29) is 11.9 Å². The number of carbonyl (C=O) groups is 1. The van der Waals surface area contributed by atoms with Crippen molar-refractivity contribution in [3.05, 3.63) is 65.1 Å². The number of rotatable bonds is 4. The number of amides is 1. The first-order valence-electron chi connectivity index (χ1n) is 6.32. The topological polar surface area (TPSA) is 33.5 Å². The average Bonchev–Trinajstić information content (AvgIpc) is 2.96. The highest BCUT2D eigenvalue weighted by atomic mass is 35.5. The Labute approximate surface area is 123 Å². The van der Waals surface area contributed by atoms with Crippen LogP contribution in [0.3, 0.4) is 0 Å². The van der Waals surface area contributed by atoms with Gasteiger partial charge in [0.2, 0.25) is 5.91 Å². The molecule has 0 N–H and O–H groups in total. The van der Waals surface area contributed by atoms with E-state index >= 15 is 0 Å². The molecule has 0 saturated carbocycles. The maximum Gasteiger partial charge on any atom is 0.246 e. The Bertz CT molecular complexity index is 605. The van der Waals surface area contributed by atoms with Gasteiger partial charge in [-0.2, -0.15) is 0 Å². The van der Waals surface area contributed by atoms with Crippen LogP contribution < -0.4 is 0 Å². The van der Waals surface area contributed by atoms with E-state index in [0.717, 1.165) is 5.56 Å². The summed E-state index contributed by atoms with van der Waals surface area (Å²) in [6.45, 7) is 1.96. The molecule has 3 nitrogen and oxygen atoms in total. The summed E-state index contributed by atoms with van der Waals surface area (Å²) in [5, 5.41) is 0.668. The number of carbonyl (C=O) groups excluding carboxylic acids is 1. The molecule has 1 unspecified atom stereocenters. The van der Waals surface area contributed by atoms with Crippen molar-refractivity contribution in [2.75, 3.05) is 7.05 Å². The molecule has 4 heteroatoms. The normalized spacial score (nSPS) is 12.6. The van der Waals surface area contributed by atoms with Gasteiger partial charge in [0.25, 0.3) is 0 Å². The molecule has 0 spiro atoms. The number of hydrogen-bond acceptors (Lipinski definition) is 2. The number of halogens is 1. The van der Waals surface area contributed by atoms with Crippen molar-refractivity contribution >= 4 is 23.6 Å². The first-order chi connectivity index (χ1) is 9.58. The summed E-state index contributed by atoms with van der Waals surface area (Å²) in [6, 6.07) is 11.0. The molecule has 1 aromatic carbocycles.